The molecule has 72 heavy (non-hydrogen) atoms. The molecule has 19 heteroatoms. The zero-order valence-electron chi connectivity index (χ0n) is 42.5. The van der Waals surface area contributed by atoms with E-state index >= 15 is 0 Å². The number of piperidine rings is 1. The minimum absolute atomic E-state index is 0.0175. The van der Waals surface area contributed by atoms with Crippen molar-refractivity contribution in [3.8, 4) is 10.4 Å². The van der Waals surface area contributed by atoms with Crippen LogP contribution in [-0.2, 0) is 19.2 Å². The highest BCUT2D eigenvalue weighted by molar-refractivity contribution is 7.99. The van der Waals surface area contributed by atoms with E-state index in [0.29, 0.717) is 46.8 Å². The highest BCUT2D eigenvalue weighted by Crippen LogP contribution is 2.40. The van der Waals surface area contributed by atoms with Gasteiger partial charge in [-0.15, -0.1) is 11.3 Å². The summed E-state index contributed by atoms with van der Waals surface area (Å²) in [5, 5.41) is 21.2. The summed E-state index contributed by atoms with van der Waals surface area (Å²) in [6, 6.07) is 11.4. The third-order valence-corrected chi connectivity index (χ3v) is 17.0. The Kier molecular flexibility index (Phi) is 21.0. The summed E-state index contributed by atoms with van der Waals surface area (Å²) in [6.45, 7) is 12.4. The molecule has 0 saturated carbocycles. The number of anilines is 2. The molecule has 0 radical (unpaired) electrons. The number of rotatable bonds is 24. The number of halogens is 2. The monoisotopic (exact) mass is 1060 g/mol. The summed E-state index contributed by atoms with van der Waals surface area (Å²) < 4.78 is 0. The number of benzene rings is 2. The number of likely N-dealkylation sites (tertiary alicyclic amines) is 1. The lowest BCUT2D eigenvalue weighted by atomic mass is 9.74. The zero-order valence-corrected chi connectivity index (χ0v) is 45.6. The number of nitrogen functional groups attached to an aromatic ring is 1. The zero-order chi connectivity index (χ0) is 52.0. The number of aliphatic hydroxyl groups is 1. The first-order chi connectivity index (χ1) is 34.4. The Bertz CT molecular complexity index is 2450. The molecule has 392 valence electrons. The first kappa shape index (κ1) is 56.8. The Balaban J connectivity index is 0.818. The number of aromatic nitrogens is 3. The Hall–Kier alpha value is -4.52. The number of unbranched alkanes of at least 4 members (excludes halogenated alkanes) is 6. The number of hydrogen-bond acceptors (Lipinski definition) is 13. The van der Waals surface area contributed by atoms with E-state index < -0.39 is 23.6 Å². The lowest BCUT2D eigenvalue weighted by Crippen LogP contribution is -2.57. The van der Waals surface area contributed by atoms with Crippen LogP contribution in [0.2, 0.25) is 10.0 Å². The molecule has 15 nitrogen and oxygen atoms in total. The van der Waals surface area contributed by atoms with Crippen molar-refractivity contribution >= 4 is 81.6 Å². The van der Waals surface area contributed by atoms with Gasteiger partial charge in [-0.25, -0.2) is 15.0 Å². The molecular formula is C53H74Cl2N10O5S2. The number of aliphatic hydroxyl groups excluding tert-OH is 1. The van der Waals surface area contributed by atoms with Crippen LogP contribution < -0.4 is 32.3 Å². The maximum atomic E-state index is 14.1. The third-order valence-electron chi connectivity index (χ3n) is 14.0. The van der Waals surface area contributed by atoms with E-state index in [1.165, 1.54) is 16.7 Å². The average molecular weight is 1070 g/mol. The minimum atomic E-state index is -0.874. The van der Waals surface area contributed by atoms with E-state index in [-0.39, 0.29) is 54.5 Å². The van der Waals surface area contributed by atoms with Gasteiger partial charge in [0.25, 0.3) is 0 Å². The first-order valence-corrected chi connectivity index (χ1v) is 27.9. The maximum Gasteiger partial charge on any atom is 0.246 e. The summed E-state index contributed by atoms with van der Waals surface area (Å²) in [7, 11) is 0. The molecule has 4 heterocycles. The fraction of sp³-hybridized carbons (Fsp3) is 0.566. The third kappa shape index (κ3) is 15.7. The second-order valence-corrected chi connectivity index (χ2v) is 23.2. The number of nitrogens with two attached hydrogens (primary N) is 2. The van der Waals surface area contributed by atoms with Crippen molar-refractivity contribution in [3.05, 3.63) is 75.5 Å². The molecule has 4 amide bonds. The second-order valence-electron chi connectivity index (χ2n) is 20.6. The van der Waals surface area contributed by atoms with Gasteiger partial charge in [-0.1, -0.05) is 118 Å². The van der Waals surface area contributed by atoms with Gasteiger partial charge in [-0.3, -0.25) is 19.2 Å². The van der Waals surface area contributed by atoms with Gasteiger partial charge in [0.2, 0.25) is 23.6 Å². The van der Waals surface area contributed by atoms with Crippen molar-refractivity contribution in [1.29, 1.82) is 0 Å². The van der Waals surface area contributed by atoms with Gasteiger partial charge in [0.1, 0.15) is 22.9 Å². The summed E-state index contributed by atoms with van der Waals surface area (Å²) in [6.07, 6.45) is 11.8. The van der Waals surface area contributed by atoms with Crippen molar-refractivity contribution < 1.29 is 24.3 Å². The van der Waals surface area contributed by atoms with Crippen LogP contribution in [0.25, 0.3) is 10.4 Å². The summed E-state index contributed by atoms with van der Waals surface area (Å²) >= 11 is 15.5. The minimum Gasteiger partial charge on any atom is -0.391 e. The molecule has 2 fully saturated rings. The molecule has 4 atom stereocenters. The van der Waals surface area contributed by atoms with Gasteiger partial charge in [-0.05, 0) is 93.0 Å². The number of β-amino-alcohol motifs (C(OH)–C–C–N with tert-alkyl or cyclic N) is 1. The van der Waals surface area contributed by atoms with Crippen LogP contribution in [0.15, 0.2) is 64.1 Å². The molecule has 0 unspecified atom stereocenters. The average Bonchev–Trinajstić information content (AvgIpc) is 3.98. The van der Waals surface area contributed by atoms with Gasteiger partial charge >= 0.3 is 0 Å². The van der Waals surface area contributed by atoms with E-state index in [4.69, 9.17) is 34.7 Å². The van der Waals surface area contributed by atoms with E-state index in [9.17, 15) is 24.3 Å². The Labute approximate surface area is 443 Å². The van der Waals surface area contributed by atoms with Gasteiger partial charge in [0.05, 0.1) is 44.5 Å². The number of carbonyl (C=O) groups excluding carboxylic acids is 4. The Morgan fingerprint density at radius 1 is 0.931 bits per heavy atom. The number of thiazole rings is 1. The summed E-state index contributed by atoms with van der Waals surface area (Å²) in [5.41, 5.74) is 16.9. The lowest BCUT2D eigenvalue weighted by Gasteiger charge is -2.42. The Morgan fingerprint density at radius 3 is 2.28 bits per heavy atom. The molecule has 2 aromatic carbocycles. The highest BCUT2D eigenvalue weighted by atomic mass is 35.5. The van der Waals surface area contributed by atoms with Gasteiger partial charge in [0, 0.05) is 50.3 Å². The standard InChI is InChI=1S/C53H74Cl2N10O5S2/c1-34(36-19-21-37(22-20-36)46-35(2)60-33-71-46)61-49(69)40-29-38(66)31-65(40)51(70)47(52(3,4)5)63-44(68)18-10-7-6-8-13-26-58-43(67)17-11-9-12-23-53(32-56)24-27-64(28-25-53)42-30-59-50(48(57)62-42)72-41-16-14-15-39(54)45(41)55/h14-16,19-22,30,33-34,38,40,47,66H,6-13,17-18,23-29,31-32,56H2,1-5H3,(H2,57,62)(H,58,67)(H,61,69)(H,63,68)/t34-,38+,40-,47+/m0/s1. The number of nitrogens with one attached hydrogen (secondary N) is 3. The van der Waals surface area contributed by atoms with Gasteiger partial charge in [0.15, 0.2) is 5.82 Å². The largest absolute Gasteiger partial charge is 0.391 e. The second kappa shape index (κ2) is 26.6. The van der Waals surface area contributed by atoms with Gasteiger partial charge < -0.3 is 42.3 Å². The topological polar surface area (TPSA) is 222 Å². The first-order valence-electron chi connectivity index (χ1n) is 25.4. The predicted octanol–water partition coefficient (Wildman–Crippen LogP) is 9.27. The number of amides is 4. The summed E-state index contributed by atoms with van der Waals surface area (Å²) in [4.78, 5) is 72.7. The number of nitrogens with zero attached hydrogens (tertiary/aromatic N) is 5. The van der Waals surface area contributed by atoms with E-state index in [2.05, 4.69) is 35.8 Å². The van der Waals surface area contributed by atoms with Crippen LogP contribution in [0.1, 0.15) is 135 Å². The van der Waals surface area contributed by atoms with E-state index in [0.717, 1.165) is 110 Å². The van der Waals surface area contributed by atoms with Crippen LogP contribution in [0, 0.1) is 17.8 Å². The van der Waals surface area contributed by atoms with Crippen LogP contribution in [0.4, 0.5) is 11.6 Å². The SMILES string of the molecule is Cc1ncsc1-c1ccc([C@H](C)NC(=O)[C@@H]2C[C@@H](O)CN2C(=O)[C@@H](NC(=O)CCCCCCCNC(=O)CCCCCC2(CN)CCN(c3cnc(Sc4cccc(Cl)c4Cl)c(N)n3)CC2)C(C)(C)C)cc1. The maximum absolute atomic E-state index is 14.1. The molecule has 2 aliphatic heterocycles. The fourth-order valence-corrected chi connectivity index (χ4v) is 11.6. The van der Waals surface area contributed by atoms with Crippen molar-refractivity contribution in [2.24, 2.45) is 16.6 Å². The Morgan fingerprint density at radius 2 is 1.61 bits per heavy atom. The molecule has 2 aliphatic rings. The fourth-order valence-electron chi connectivity index (χ4n) is 9.51. The molecule has 4 aromatic rings. The molecule has 0 spiro atoms. The molecule has 0 aliphatic carbocycles. The normalized spacial score (nSPS) is 17.6. The highest BCUT2D eigenvalue weighted by Gasteiger charge is 2.45. The van der Waals surface area contributed by atoms with E-state index in [1.807, 2.05) is 76.5 Å². The predicted molar refractivity (Wildman–Crippen MR) is 290 cm³/mol. The van der Waals surface area contributed by atoms with Crippen LogP contribution in [0.3, 0.4) is 0 Å². The molecule has 8 N–H and O–H groups in total. The van der Waals surface area contributed by atoms with Crippen LogP contribution >= 0.6 is 46.3 Å². The number of carbonyl (C=O) groups is 4. The van der Waals surface area contributed by atoms with Crippen LogP contribution in [0.5, 0.6) is 0 Å². The molecular weight excluding hydrogens is 992 g/mol. The molecule has 6 rings (SSSR count). The summed E-state index contributed by atoms with van der Waals surface area (Å²) in [5.74, 6) is 0.231. The molecule has 0 bridgehead atoms. The quantitative estimate of drug-likeness (QED) is 0.0362. The van der Waals surface area contributed by atoms with Crippen molar-refractivity contribution in [2.45, 2.75) is 159 Å². The molecule has 2 aromatic heterocycles. The lowest BCUT2D eigenvalue weighted by molar-refractivity contribution is -0.144. The number of hydrogen-bond donors (Lipinski definition) is 6. The van der Waals surface area contributed by atoms with Crippen LogP contribution in [-0.4, -0.2) is 99.5 Å². The molecule has 2 saturated heterocycles. The van der Waals surface area contributed by atoms with Gasteiger partial charge in [-0.2, -0.15) is 0 Å². The smallest absolute Gasteiger partial charge is 0.246 e. The van der Waals surface area contributed by atoms with Crippen molar-refractivity contribution in [3.63, 3.8) is 0 Å². The van der Waals surface area contributed by atoms with E-state index in [1.54, 1.807) is 23.6 Å². The van der Waals surface area contributed by atoms with Crippen molar-refractivity contribution in [2.75, 3.05) is 43.4 Å². The van der Waals surface area contributed by atoms with Crippen molar-refractivity contribution in [1.82, 2.24) is 35.8 Å². The number of aryl methyl sites for hydroxylation is 1.